The van der Waals surface area contributed by atoms with Gasteiger partial charge in [-0.15, -0.1) is 11.3 Å². The Labute approximate surface area is 78.2 Å². The molecule has 1 heterocycles. The fourth-order valence-electron chi connectivity index (χ4n) is 0.699. The summed E-state index contributed by atoms with van der Waals surface area (Å²) in [6, 6.07) is 3.85. The molecule has 0 radical (unpaired) electrons. The van der Waals surface area contributed by atoms with Gasteiger partial charge in [-0.05, 0) is 35.0 Å². The predicted molar refractivity (Wildman–Crippen MR) is 50.6 cm³/mol. The molecule has 0 spiro atoms. The van der Waals surface area contributed by atoms with Crippen molar-refractivity contribution in [2.24, 2.45) is 5.73 Å². The van der Waals surface area contributed by atoms with Crippen molar-refractivity contribution >= 4 is 27.3 Å². The maximum Gasteiger partial charge on any atom is 0.0709 e. The molecule has 1 atom stereocenters. The highest BCUT2D eigenvalue weighted by molar-refractivity contribution is 9.11. The molecule has 1 aromatic rings. The summed E-state index contributed by atoms with van der Waals surface area (Å²) in [5.74, 6) is 0. The third kappa shape index (κ3) is 2.02. The lowest BCUT2D eigenvalue weighted by Gasteiger charge is -2.19. The van der Waals surface area contributed by atoms with E-state index in [4.69, 9.17) is 10.8 Å². The fraction of sp³-hybridized carbons (Fsp3) is 0.429. The lowest BCUT2D eigenvalue weighted by molar-refractivity contribution is 0.212. The van der Waals surface area contributed by atoms with Crippen molar-refractivity contribution in [1.82, 2.24) is 0 Å². The van der Waals surface area contributed by atoms with Crippen LogP contribution in [0, 0.1) is 0 Å². The summed E-state index contributed by atoms with van der Waals surface area (Å²) in [4.78, 5) is 0.992. The van der Waals surface area contributed by atoms with E-state index in [-0.39, 0.29) is 6.61 Å². The molecule has 4 heteroatoms. The molecule has 0 amide bonds. The first-order chi connectivity index (χ1) is 5.06. The molecule has 1 rings (SSSR count). The highest BCUT2D eigenvalue weighted by Gasteiger charge is 2.21. The number of aliphatic hydroxyl groups is 1. The van der Waals surface area contributed by atoms with Crippen LogP contribution in [0.2, 0.25) is 0 Å². The number of aliphatic hydroxyl groups excluding tert-OH is 1. The molecular formula is C7H10BrNOS. The second kappa shape index (κ2) is 3.23. The standard InChI is InChI=1S/C7H10BrNOS/c1-7(9,4-10)5-2-3-6(8)11-5/h2-3,10H,4,9H2,1H3/t7-/m1/s1. The summed E-state index contributed by atoms with van der Waals surface area (Å²) in [7, 11) is 0. The molecule has 2 nitrogen and oxygen atoms in total. The Morgan fingerprint density at radius 1 is 1.73 bits per heavy atom. The van der Waals surface area contributed by atoms with Crippen molar-refractivity contribution in [1.29, 1.82) is 0 Å². The van der Waals surface area contributed by atoms with E-state index in [9.17, 15) is 0 Å². The second-order valence-corrected chi connectivity index (χ2v) is 5.14. The van der Waals surface area contributed by atoms with Gasteiger partial charge in [-0.3, -0.25) is 0 Å². The van der Waals surface area contributed by atoms with Crippen molar-refractivity contribution in [3.05, 3.63) is 20.8 Å². The van der Waals surface area contributed by atoms with Crippen LogP contribution in [-0.2, 0) is 5.54 Å². The van der Waals surface area contributed by atoms with Crippen LogP contribution in [0.4, 0.5) is 0 Å². The minimum atomic E-state index is -0.601. The van der Waals surface area contributed by atoms with Gasteiger partial charge in [-0.25, -0.2) is 0 Å². The topological polar surface area (TPSA) is 46.2 Å². The van der Waals surface area contributed by atoms with Crippen molar-refractivity contribution in [3.63, 3.8) is 0 Å². The van der Waals surface area contributed by atoms with E-state index in [0.717, 1.165) is 8.66 Å². The normalized spacial score (nSPS) is 16.4. The number of halogens is 1. The first kappa shape index (κ1) is 9.19. The van der Waals surface area contributed by atoms with Gasteiger partial charge in [0.05, 0.1) is 15.9 Å². The van der Waals surface area contributed by atoms with E-state index in [1.54, 1.807) is 11.3 Å². The van der Waals surface area contributed by atoms with Crippen molar-refractivity contribution in [3.8, 4) is 0 Å². The molecule has 0 unspecified atom stereocenters. The van der Waals surface area contributed by atoms with E-state index >= 15 is 0 Å². The van der Waals surface area contributed by atoms with Crippen LogP contribution in [0.5, 0.6) is 0 Å². The summed E-state index contributed by atoms with van der Waals surface area (Å²) in [5.41, 5.74) is 5.19. The highest BCUT2D eigenvalue weighted by atomic mass is 79.9. The molecule has 1 aromatic heterocycles. The molecular weight excluding hydrogens is 226 g/mol. The Hall–Kier alpha value is 0.1000. The van der Waals surface area contributed by atoms with E-state index < -0.39 is 5.54 Å². The van der Waals surface area contributed by atoms with Gasteiger partial charge < -0.3 is 10.8 Å². The van der Waals surface area contributed by atoms with Crippen molar-refractivity contribution < 1.29 is 5.11 Å². The van der Waals surface area contributed by atoms with Gasteiger partial charge in [0.1, 0.15) is 0 Å². The zero-order valence-electron chi connectivity index (χ0n) is 6.17. The monoisotopic (exact) mass is 235 g/mol. The third-order valence-electron chi connectivity index (χ3n) is 1.46. The number of rotatable bonds is 2. The first-order valence-electron chi connectivity index (χ1n) is 3.22. The molecule has 0 saturated carbocycles. The minimum absolute atomic E-state index is 0.0278. The smallest absolute Gasteiger partial charge is 0.0709 e. The third-order valence-corrected chi connectivity index (χ3v) is 3.37. The lowest BCUT2D eigenvalue weighted by Crippen LogP contribution is -2.35. The maximum atomic E-state index is 8.92. The molecule has 0 fully saturated rings. The largest absolute Gasteiger partial charge is 0.394 e. The first-order valence-corrected chi connectivity index (χ1v) is 4.83. The molecule has 3 N–H and O–H groups in total. The molecule has 0 bridgehead atoms. The van der Waals surface area contributed by atoms with Crippen LogP contribution >= 0.6 is 27.3 Å². The summed E-state index contributed by atoms with van der Waals surface area (Å²) in [6.07, 6.45) is 0. The van der Waals surface area contributed by atoms with E-state index in [2.05, 4.69) is 15.9 Å². The maximum absolute atomic E-state index is 8.92. The molecule has 62 valence electrons. The van der Waals surface area contributed by atoms with Gasteiger partial charge >= 0.3 is 0 Å². The van der Waals surface area contributed by atoms with Gasteiger partial charge in [-0.2, -0.15) is 0 Å². The number of nitrogens with two attached hydrogens (primary N) is 1. The number of hydrogen-bond acceptors (Lipinski definition) is 3. The SMILES string of the molecule is C[C@@](N)(CO)c1ccc(Br)s1. The summed E-state index contributed by atoms with van der Waals surface area (Å²) in [6.45, 7) is 1.78. The average molecular weight is 236 g/mol. The molecule has 0 saturated heterocycles. The predicted octanol–water partition coefficient (Wildman–Crippen LogP) is 1.68. The van der Waals surface area contributed by atoms with Gasteiger partial charge in [0.25, 0.3) is 0 Å². The molecule has 0 aliphatic carbocycles. The van der Waals surface area contributed by atoms with Crippen LogP contribution in [0.3, 0.4) is 0 Å². The number of thiophene rings is 1. The van der Waals surface area contributed by atoms with E-state index in [0.29, 0.717) is 0 Å². The Balaban J connectivity index is 2.92. The van der Waals surface area contributed by atoms with Crippen LogP contribution < -0.4 is 5.73 Å². The highest BCUT2D eigenvalue weighted by Crippen LogP contribution is 2.29. The van der Waals surface area contributed by atoms with Crippen LogP contribution in [-0.4, -0.2) is 11.7 Å². The molecule has 0 aromatic carbocycles. The van der Waals surface area contributed by atoms with Gasteiger partial charge in [0.2, 0.25) is 0 Å². The Kier molecular flexibility index (Phi) is 2.70. The Morgan fingerprint density at radius 2 is 2.36 bits per heavy atom. The van der Waals surface area contributed by atoms with Gasteiger partial charge in [-0.1, -0.05) is 0 Å². The van der Waals surface area contributed by atoms with Crippen LogP contribution in [0.15, 0.2) is 15.9 Å². The molecule has 11 heavy (non-hydrogen) atoms. The van der Waals surface area contributed by atoms with Gasteiger partial charge in [0.15, 0.2) is 0 Å². The van der Waals surface area contributed by atoms with Crippen LogP contribution in [0.25, 0.3) is 0 Å². The van der Waals surface area contributed by atoms with E-state index in [1.165, 1.54) is 0 Å². The average Bonchev–Trinajstić information content (AvgIpc) is 2.36. The zero-order chi connectivity index (χ0) is 8.48. The summed E-state index contributed by atoms with van der Waals surface area (Å²) < 4.78 is 1.04. The van der Waals surface area contributed by atoms with Crippen LogP contribution in [0.1, 0.15) is 11.8 Å². The fourth-order valence-corrected chi connectivity index (χ4v) is 2.13. The van der Waals surface area contributed by atoms with Gasteiger partial charge in [0, 0.05) is 4.88 Å². The number of hydrogen-bond donors (Lipinski definition) is 2. The summed E-state index contributed by atoms with van der Waals surface area (Å²) in [5, 5.41) is 8.92. The second-order valence-electron chi connectivity index (χ2n) is 2.68. The molecule has 0 aliphatic rings. The summed E-state index contributed by atoms with van der Waals surface area (Å²) >= 11 is 4.89. The van der Waals surface area contributed by atoms with Crippen molar-refractivity contribution in [2.75, 3.05) is 6.61 Å². The Bertz CT molecular complexity index is 246. The van der Waals surface area contributed by atoms with Crippen molar-refractivity contribution in [2.45, 2.75) is 12.5 Å². The molecule has 0 aliphatic heterocycles. The van der Waals surface area contributed by atoms with E-state index in [1.807, 2.05) is 19.1 Å². The minimum Gasteiger partial charge on any atom is -0.394 e. The zero-order valence-corrected chi connectivity index (χ0v) is 8.58. The Morgan fingerprint density at radius 3 is 2.73 bits per heavy atom. The lowest BCUT2D eigenvalue weighted by atomic mass is 10.0. The quantitative estimate of drug-likeness (QED) is 0.820.